The van der Waals surface area contributed by atoms with Crippen LogP contribution in [-0.4, -0.2) is 13.7 Å². The Morgan fingerprint density at radius 3 is 2.72 bits per heavy atom. The molecule has 0 saturated heterocycles. The van der Waals surface area contributed by atoms with Crippen molar-refractivity contribution in [2.75, 3.05) is 13.7 Å². The number of benzene rings is 1. The number of hydrogen-bond donors (Lipinski definition) is 1. The first-order valence-corrected chi connectivity index (χ1v) is 6.93. The zero-order valence-electron chi connectivity index (χ0n) is 10.8. The third kappa shape index (κ3) is 2.74. The van der Waals surface area contributed by atoms with Gasteiger partial charge in [0.05, 0.1) is 7.11 Å². The highest BCUT2D eigenvalue weighted by atomic mass is 32.1. The predicted molar refractivity (Wildman–Crippen MR) is 77.4 cm³/mol. The first kappa shape index (κ1) is 13.1. The molecular weight excluding hydrogens is 242 g/mol. The molecule has 0 fully saturated rings. The first-order chi connectivity index (χ1) is 8.68. The molecule has 18 heavy (non-hydrogen) atoms. The molecule has 1 aromatic heterocycles. The molecule has 3 heteroatoms. The van der Waals surface area contributed by atoms with E-state index >= 15 is 0 Å². The van der Waals surface area contributed by atoms with Crippen molar-refractivity contribution in [2.45, 2.75) is 18.8 Å². The summed E-state index contributed by atoms with van der Waals surface area (Å²) in [6.07, 6.45) is 0.967. The van der Waals surface area contributed by atoms with Crippen LogP contribution in [0.5, 0.6) is 5.75 Å². The van der Waals surface area contributed by atoms with Gasteiger partial charge in [0.25, 0.3) is 0 Å². The van der Waals surface area contributed by atoms with Crippen molar-refractivity contribution in [1.82, 2.24) is 0 Å². The molecule has 1 atom stereocenters. The highest BCUT2D eigenvalue weighted by Crippen LogP contribution is 2.30. The van der Waals surface area contributed by atoms with E-state index < -0.39 is 0 Å². The molecule has 0 amide bonds. The maximum Gasteiger partial charge on any atom is 0.119 e. The fourth-order valence-electron chi connectivity index (χ4n) is 2.09. The van der Waals surface area contributed by atoms with Crippen LogP contribution in [-0.2, 0) is 11.8 Å². The van der Waals surface area contributed by atoms with E-state index in [9.17, 15) is 0 Å². The number of ether oxygens (including phenoxy) is 1. The normalized spacial score (nSPS) is 14.2. The predicted octanol–water partition coefficient (Wildman–Crippen LogP) is 3.22. The second-order valence-electron chi connectivity index (χ2n) is 4.75. The Kier molecular flexibility index (Phi) is 4.04. The monoisotopic (exact) mass is 261 g/mol. The molecule has 0 aliphatic rings. The van der Waals surface area contributed by atoms with Crippen LogP contribution >= 0.6 is 11.3 Å². The fraction of sp³-hybridized carbons (Fsp3) is 0.333. The summed E-state index contributed by atoms with van der Waals surface area (Å²) in [4.78, 5) is 1.37. The van der Waals surface area contributed by atoms with Crippen molar-refractivity contribution >= 4 is 11.3 Å². The third-order valence-corrected chi connectivity index (χ3v) is 4.24. The van der Waals surface area contributed by atoms with Crippen LogP contribution in [0, 0.1) is 0 Å². The van der Waals surface area contributed by atoms with E-state index in [-0.39, 0.29) is 5.41 Å². The minimum atomic E-state index is -0.0423. The number of thiophene rings is 1. The van der Waals surface area contributed by atoms with Gasteiger partial charge in [-0.2, -0.15) is 0 Å². The summed E-state index contributed by atoms with van der Waals surface area (Å²) in [5.74, 6) is 0.887. The van der Waals surface area contributed by atoms with E-state index in [1.54, 1.807) is 18.4 Å². The Balaban J connectivity index is 2.30. The Hall–Kier alpha value is -1.32. The summed E-state index contributed by atoms with van der Waals surface area (Å²) in [5.41, 5.74) is 7.20. The van der Waals surface area contributed by atoms with Crippen molar-refractivity contribution in [3.05, 3.63) is 52.2 Å². The Bertz CT molecular complexity index is 495. The van der Waals surface area contributed by atoms with Gasteiger partial charge in [-0.15, -0.1) is 11.3 Å². The standard InChI is InChI=1S/C15H19NOS/c1-15(11-16,10-14-7-4-8-18-14)12-5-3-6-13(9-12)17-2/h3-9H,10-11,16H2,1-2H3. The summed E-state index contributed by atoms with van der Waals surface area (Å²) in [6, 6.07) is 12.5. The number of methoxy groups -OCH3 is 1. The van der Waals surface area contributed by atoms with Crippen molar-refractivity contribution < 1.29 is 4.74 Å². The van der Waals surface area contributed by atoms with Crippen LogP contribution in [0.1, 0.15) is 17.4 Å². The Labute approximate surface area is 112 Å². The van der Waals surface area contributed by atoms with Gasteiger partial charge >= 0.3 is 0 Å². The van der Waals surface area contributed by atoms with E-state index in [0.29, 0.717) is 6.54 Å². The molecule has 1 heterocycles. The van der Waals surface area contributed by atoms with Crippen molar-refractivity contribution in [3.8, 4) is 5.75 Å². The van der Waals surface area contributed by atoms with Crippen LogP contribution < -0.4 is 10.5 Å². The van der Waals surface area contributed by atoms with Crippen LogP contribution in [0.4, 0.5) is 0 Å². The van der Waals surface area contributed by atoms with Gasteiger partial charge in [-0.25, -0.2) is 0 Å². The molecule has 0 aliphatic carbocycles. The number of nitrogens with two attached hydrogens (primary N) is 1. The van der Waals surface area contributed by atoms with Crippen LogP contribution in [0.15, 0.2) is 41.8 Å². The summed E-state index contributed by atoms with van der Waals surface area (Å²) in [6.45, 7) is 2.83. The van der Waals surface area contributed by atoms with Gasteiger partial charge in [-0.3, -0.25) is 0 Å². The molecular formula is C15H19NOS. The van der Waals surface area contributed by atoms with E-state index in [2.05, 4.69) is 36.6 Å². The van der Waals surface area contributed by atoms with Crippen LogP contribution in [0.2, 0.25) is 0 Å². The van der Waals surface area contributed by atoms with Gasteiger partial charge in [-0.1, -0.05) is 25.1 Å². The lowest BCUT2D eigenvalue weighted by Gasteiger charge is -2.28. The molecule has 2 N–H and O–H groups in total. The van der Waals surface area contributed by atoms with Gasteiger partial charge in [0, 0.05) is 16.8 Å². The average Bonchev–Trinajstić information content (AvgIpc) is 2.91. The lowest BCUT2D eigenvalue weighted by atomic mass is 9.79. The molecule has 0 aliphatic heterocycles. The number of hydrogen-bond acceptors (Lipinski definition) is 3. The maximum atomic E-state index is 6.01. The zero-order valence-corrected chi connectivity index (χ0v) is 11.7. The van der Waals surface area contributed by atoms with E-state index in [1.165, 1.54) is 10.4 Å². The molecule has 0 spiro atoms. The Morgan fingerprint density at radius 2 is 2.11 bits per heavy atom. The Morgan fingerprint density at radius 1 is 1.28 bits per heavy atom. The minimum absolute atomic E-state index is 0.0423. The third-order valence-electron chi connectivity index (χ3n) is 3.36. The molecule has 96 valence electrons. The highest BCUT2D eigenvalue weighted by molar-refractivity contribution is 7.09. The van der Waals surface area contributed by atoms with E-state index in [0.717, 1.165) is 12.2 Å². The zero-order chi connectivity index (χ0) is 13.0. The lowest BCUT2D eigenvalue weighted by molar-refractivity contribution is 0.410. The SMILES string of the molecule is COc1cccc(C(C)(CN)Cc2cccs2)c1. The fourth-order valence-corrected chi connectivity index (χ4v) is 2.98. The van der Waals surface area contributed by atoms with Crippen molar-refractivity contribution in [1.29, 1.82) is 0 Å². The first-order valence-electron chi connectivity index (χ1n) is 6.05. The minimum Gasteiger partial charge on any atom is -0.497 e. The summed E-state index contributed by atoms with van der Waals surface area (Å²) >= 11 is 1.78. The van der Waals surface area contributed by atoms with E-state index in [4.69, 9.17) is 10.5 Å². The topological polar surface area (TPSA) is 35.2 Å². The quantitative estimate of drug-likeness (QED) is 0.897. The van der Waals surface area contributed by atoms with Gasteiger partial charge in [0.1, 0.15) is 5.75 Å². The van der Waals surface area contributed by atoms with Gasteiger partial charge < -0.3 is 10.5 Å². The van der Waals surface area contributed by atoms with Gasteiger partial charge in [0.15, 0.2) is 0 Å². The smallest absolute Gasteiger partial charge is 0.119 e. The summed E-state index contributed by atoms with van der Waals surface area (Å²) < 4.78 is 5.29. The van der Waals surface area contributed by atoms with Gasteiger partial charge in [0.2, 0.25) is 0 Å². The molecule has 0 radical (unpaired) electrons. The van der Waals surface area contributed by atoms with Crippen LogP contribution in [0.25, 0.3) is 0 Å². The van der Waals surface area contributed by atoms with Crippen molar-refractivity contribution in [2.24, 2.45) is 5.73 Å². The highest BCUT2D eigenvalue weighted by Gasteiger charge is 2.26. The molecule has 1 aromatic carbocycles. The van der Waals surface area contributed by atoms with E-state index in [1.807, 2.05) is 12.1 Å². The largest absolute Gasteiger partial charge is 0.497 e. The maximum absolute atomic E-state index is 6.01. The molecule has 2 aromatic rings. The molecule has 0 bridgehead atoms. The average molecular weight is 261 g/mol. The van der Waals surface area contributed by atoms with Crippen LogP contribution in [0.3, 0.4) is 0 Å². The second kappa shape index (κ2) is 5.55. The lowest BCUT2D eigenvalue weighted by Crippen LogP contribution is -2.33. The summed E-state index contributed by atoms with van der Waals surface area (Å²) in [7, 11) is 1.69. The summed E-state index contributed by atoms with van der Waals surface area (Å²) in [5, 5.41) is 2.11. The second-order valence-corrected chi connectivity index (χ2v) is 5.79. The number of rotatable bonds is 5. The van der Waals surface area contributed by atoms with Crippen molar-refractivity contribution in [3.63, 3.8) is 0 Å². The van der Waals surface area contributed by atoms with Gasteiger partial charge in [-0.05, 0) is 35.6 Å². The molecule has 1 unspecified atom stereocenters. The molecule has 2 rings (SSSR count). The molecule has 0 saturated carbocycles. The molecule has 2 nitrogen and oxygen atoms in total.